The molecule has 102 valence electrons. The summed E-state index contributed by atoms with van der Waals surface area (Å²) < 4.78 is 0. The fourth-order valence-electron chi connectivity index (χ4n) is 1.71. The van der Waals surface area contributed by atoms with Gasteiger partial charge >= 0.3 is 0 Å². The third kappa shape index (κ3) is 3.91. The Kier molecular flexibility index (Phi) is 5.15. The molecule has 2 rings (SSSR count). The summed E-state index contributed by atoms with van der Waals surface area (Å²) in [5.41, 5.74) is 0.895. The van der Waals surface area contributed by atoms with E-state index >= 15 is 0 Å². The van der Waals surface area contributed by atoms with Gasteiger partial charge in [0.2, 0.25) is 11.8 Å². The highest BCUT2D eigenvalue weighted by atomic mass is 32.2. The van der Waals surface area contributed by atoms with E-state index in [2.05, 4.69) is 10.6 Å². The second-order valence-corrected chi connectivity index (χ2v) is 6.46. The Balaban J connectivity index is 1.82. The number of fused-ring (bicyclic) bond motifs is 1. The Bertz CT molecular complexity index is 479. The molecule has 1 atom stereocenters. The third-order valence-electron chi connectivity index (χ3n) is 2.74. The van der Waals surface area contributed by atoms with Gasteiger partial charge in [-0.1, -0.05) is 12.1 Å². The van der Waals surface area contributed by atoms with Crippen molar-refractivity contribution in [3.05, 3.63) is 24.3 Å². The summed E-state index contributed by atoms with van der Waals surface area (Å²) >= 11 is 3.16. The van der Waals surface area contributed by atoms with E-state index in [1.807, 2.05) is 24.3 Å². The zero-order chi connectivity index (χ0) is 13.7. The minimum absolute atomic E-state index is 0.0242. The van der Waals surface area contributed by atoms with Gasteiger partial charge in [-0.05, 0) is 24.3 Å². The van der Waals surface area contributed by atoms with E-state index in [0.29, 0.717) is 5.75 Å². The Morgan fingerprint density at radius 1 is 1.47 bits per heavy atom. The monoisotopic (exact) mass is 296 g/mol. The highest BCUT2D eigenvalue weighted by molar-refractivity contribution is 8.01. The molecule has 2 amide bonds. The van der Waals surface area contributed by atoms with Crippen LogP contribution in [0.5, 0.6) is 0 Å². The molecule has 19 heavy (non-hydrogen) atoms. The SMILES string of the molecule is CNC(=O)CSCC[C@@H]1Sc2ccccc2NC1=O. The van der Waals surface area contributed by atoms with Gasteiger partial charge in [-0.2, -0.15) is 11.8 Å². The molecule has 0 aliphatic carbocycles. The first-order valence-corrected chi connectivity index (χ1v) is 8.09. The zero-order valence-electron chi connectivity index (χ0n) is 10.6. The van der Waals surface area contributed by atoms with Crippen molar-refractivity contribution in [2.24, 2.45) is 0 Å². The van der Waals surface area contributed by atoms with E-state index < -0.39 is 0 Å². The lowest BCUT2D eigenvalue weighted by Gasteiger charge is -2.23. The molecule has 0 bridgehead atoms. The van der Waals surface area contributed by atoms with Crippen LogP contribution in [0.1, 0.15) is 6.42 Å². The average Bonchev–Trinajstić information content (AvgIpc) is 2.43. The lowest BCUT2D eigenvalue weighted by molar-refractivity contribution is -0.118. The molecule has 2 N–H and O–H groups in total. The molecule has 1 aromatic carbocycles. The Morgan fingerprint density at radius 3 is 3.05 bits per heavy atom. The third-order valence-corrected chi connectivity index (χ3v) is 5.08. The van der Waals surface area contributed by atoms with Crippen LogP contribution in [0, 0.1) is 0 Å². The highest BCUT2D eigenvalue weighted by Gasteiger charge is 2.26. The molecule has 0 unspecified atom stereocenters. The van der Waals surface area contributed by atoms with Crippen molar-refractivity contribution in [3.63, 3.8) is 0 Å². The molecular weight excluding hydrogens is 280 g/mol. The number of nitrogens with one attached hydrogen (secondary N) is 2. The smallest absolute Gasteiger partial charge is 0.237 e. The van der Waals surface area contributed by atoms with Crippen molar-refractivity contribution in [3.8, 4) is 0 Å². The van der Waals surface area contributed by atoms with Gasteiger partial charge < -0.3 is 10.6 Å². The molecule has 0 spiro atoms. The van der Waals surface area contributed by atoms with E-state index in [0.717, 1.165) is 22.8 Å². The molecule has 0 saturated heterocycles. The van der Waals surface area contributed by atoms with Crippen molar-refractivity contribution < 1.29 is 9.59 Å². The van der Waals surface area contributed by atoms with Crippen LogP contribution in [0.25, 0.3) is 0 Å². The zero-order valence-corrected chi connectivity index (χ0v) is 12.3. The van der Waals surface area contributed by atoms with Gasteiger partial charge in [0.05, 0.1) is 16.7 Å². The van der Waals surface area contributed by atoms with Gasteiger partial charge in [-0.15, -0.1) is 11.8 Å². The standard InChI is InChI=1S/C13H16N2O2S2/c1-14-12(16)8-18-7-6-11-13(17)15-9-4-2-3-5-10(9)19-11/h2-5,11H,6-8H2,1H3,(H,14,16)(H,15,17)/t11-/m0/s1. The van der Waals surface area contributed by atoms with E-state index in [9.17, 15) is 9.59 Å². The minimum atomic E-state index is -0.0629. The van der Waals surface area contributed by atoms with Crippen molar-refractivity contribution in [2.75, 3.05) is 23.9 Å². The summed E-state index contributed by atoms with van der Waals surface area (Å²) in [7, 11) is 1.63. The normalized spacial score (nSPS) is 17.5. The van der Waals surface area contributed by atoms with Crippen LogP contribution in [0.15, 0.2) is 29.2 Å². The number of anilines is 1. The predicted octanol–water partition coefficient (Wildman–Crippen LogP) is 1.97. The van der Waals surface area contributed by atoms with Gasteiger partial charge in [0.25, 0.3) is 0 Å². The largest absolute Gasteiger partial charge is 0.358 e. The molecule has 4 nitrogen and oxygen atoms in total. The predicted molar refractivity (Wildman–Crippen MR) is 80.7 cm³/mol. The topological polar surface area (TPSA) is 58.2 Å². The van der Waals surface area contributed by atoms with E-state index in [1.54, 1.807) is 30.6 Å². The number of carbonyl (C=O) groups is 2. The fraction of sp³-hybridized carbons (Fsp3) is 0.385. The van der Waals surface area contributed by atoms with E-state index in [4.69, 9.17) is 0 Å². The molecular formula is C13H16N2O2S2. The number of rotatable bonds is 5. The first kappa shape index (κ1) is 14.3. The molecule has 1 aromatic rings. The van der Waals surface area contributed by atoms with E-state index in [-0.39, 0.29) is 17.1 Å². The van der Waals surface area contributed by atoms with Crippen molar-refractivity contribution >= 4 is 41.0 Å². The van der Waals surface area contributed by atoms with Crippen molar-refractivity contribution in [1.82, 2.24) is 5.32 Å². The lowest BCUT2D eigenvalue weighted by atomic mass is 10.2. The second kappa shape index (κ2) is 6.86. The number of hydrogen-bond donors (Lipinski definition) is 2. The molecule has 0 aromatic heterocycles. The van der Waals surface area contributed by atoms with Crippen molar-refractivity contribution in [2.45, 2.75) is 16.6 Å². The summed E-state index contributed by atoms with van der Waals surface area (Å²) in [6.07, 6.45) is 0.770. The number of thioether (sulfide) groups is 2. The summed E-state index contributed by atoms with van der Waals surface area (Å²) in [5.74, 6) is 1.34. The molecule has 0 saturated carbocycles. The molecule has 1 heterocycles. The van der Waals surface area contributed by atoms with Crippen LogP contribution in [0.2, 0.25) is 0 Å². The van der Waals surface area contributed by atoms with Crippen LogP contribution in [-0.4, -0.2) is 35.6 Å². The maximum atomic E-state index is 11.9. The number of amides is 2. The second-order valence-electron chi connectivity index (χ2n) is 4.11. The maximum Gasteiger partial charge on any atom is 0.237 e. The number of carbonyl (C=O) groups excluding carboxylic acids is 2. The van der Waals surface area contributed by atoms with Crippen LogP contribution < -0.4 is 10.6 Å². The quantitative estimate of drug-likeness (QED) is 0.816. The minimum Gasteiger partial charge on any atom is -0.358 e. The van der Waals surface area contributed by atoms with Crippen LogP contribution in [0.4, 0.5) is 5.69 Å². The lowest BCUT2D eigenvalue weighted by Crippen LogP contribution is -2.29. The summed E-state index contributed by atoms with van der Waals surface area (Å²) in [6, 6.07) is 7.82. The summed E-state index contributed by atoms with van der Waals surface area (Å²) in [6.45, 7) is 0. The maximum absolute atomic E-state index is 11.9. The van der Waals surface area contributed by atoms with Gasteiger partial charge in [-0.25, -0.2) is 0 Å². The summed E-state index contributed by atoms with van der Waals surface area (Å²) in [5, 5.41) is 5.44. The molecule has 1 aliphatic heterocycles. The van der Waals surface area contributed by atoms with Gasteiger partial charge in [0, 0.05) is 11.9 Å². The summed E-state index contributed by atoms with van der Waals surface area (Å²) in [4.78, 5) is 24.1. The first-order chi connectivity index (χ1) is 9.20. The number of hydrogen-bond acceptors (Lipinski definition) is 4. The van der Waals surface area contributed by atoms with Gasteiger partial charge in [-0.3, -0.25) is 9.59 Å². The Labute approximate surface area is 121 Å². The van der Waals surface area contributed by atoms with Gasteiger partial charge in [0.1, 0.15) is 0 Å². The molecule has 0 fully saturated rings. The molecule has 0 radical (unpaired) electrons. The Morgan fingerprint density at radius 2 is 2.26 bits per heavy atom. The van der Waals surface area contributed by atoms with Crippen LogP contribution in [-0.2, 0) is 9.59 Å². The molecule has 6 heteroatoms. The van der Waals surface area contributed by atoms with Gasteiger partial charge in [0.15, 0.2) is 0 Å². The molecule has 1 aliphatic rings. The average molecular weight is 296 g/mol. The number of benzene rings is 1. The Hall–Kier alpha value is -1.14. The van der Waals surface area contributed by atoms with E-state index in [1.165, 1.54) is 0 Å². The highest BCUT2D eigenvalue weighted by Crippen LogP contribution is 2.36. The van der Waals surface area contributed by atoms with Crippen LogP contribution >= 0.6 is 23.5 Å². The fourth-order valence-corrected chi connectivity index (χ4v) is 3.85. The van der Waals surface area contributed by atoms with Crippen LogP contribution in [0.3, 0.4) is 0 Å². The number of para-hydroxylation sites is 1. The van der Waals surface area contributed by atoms with Crippen molar-refractivity contribution in [1.29, 1.82) is 0 Å². The first-order valence-electron chi connectivity index (χ1n) is 6.05.